The zero-order valence-corrected chi connectivity index (χ0v) is 9.58. The van der Waals surface area contributed by atoms with Gasteiger partial charge in [-0.05, 0) is 32.1 Å². The van der Waals surface area contributed by atoms with Crippen LogP contribution in [0.2, 0.25) is 0 Å². The van der Waals surface area contributed by atoms with Gasteiger partial charge < -0.3 is 5.32 Å². The van der Waals surface area contributed by atoms with Crippen molar-refractivity contribution >= 4 is 5.91 Å². The minimum atomic E-state index is 0.0894. The molecule has 0 aromatic heterocycles. The number of carbonyl (C=O) groups excluding carboxylic acids is 1. The molecule has 3 aliphatic rings. The SMILES string of the molecule is O=C(NOC1CCCC1)C1CC2CCC1N2. The van der Waals surface area contributed by atoms with E-state index in [9.17, 15) is 4.79 Å². The average molecular weight is 224 g/mol. The van der Waals surface area contributed by atoms with Crippen molar-refractivity contribution in [3.8, 4) is 0 Å². The largest absolute Gasteiger partial charge is 0.310 e. The van der Waals surface area contributed by atoms with Gasteiger partial charge in [-0.25, -0.2) is 5.48 Å². The number of hydroxylamine groups is 1. The standard InChI is InChI=1S/C12H20N2O2/c15-12(14-16-9-3-1-2-4-9)10-7-8-5-6-11(10)13-8/h8-11,13H,1-7H2,(H,14,15). The summed E-state index contributed by atoms with van der Waals surface area (Å²) >= 11 is 0. The highest BCUT2D eigenvalue weighted by Gasteiger charge is 2.42. The Morgan fingerprint density at radius 2 is 2.00 bits per heavy atom. The van der Waals surface area contributed by atoms with Crippen molar-refractivity contribution in [3.63, 3.8) is 0 Å². The van der Waals surface area contributed by atoms with Crippen LogP contribution in [-0.4, -0.2) is 24.1 Å². The Balaban J connectivity index is 1.46. The summed E-state index contributed by atoms with van der Waals surface area (Å²) in [6, 6.07) is 0.976. The second-order valence-corrected chi connectivity index (χ2v) is 5.38. The molecule has 3 atom stereocenters. The predicted molar refractivity (Wildman–Crippen MR) is 59.5 cm³/mol. The first-order valence-electron chi connectivity index (χ1n) is 6.54. The summed E-state index contributed by atoms with van der Waals surface area (Å²) in [5, 5.41) is 3.47. The summed E-state index contributed by atoms with van der Waals surface area (Å²) in [6.45, 7) is 0. The maximum Gasteiger partial charge on any atom is 0.248 e. The van der Waals surface area contributed by atoms with Crippen molar-refractivity contribution in [2.45, 2.75) is 63.1 Å². The first kappa shape index (κ1) is 10.5. The number of fused-ring (bicyclic) bond motifs is 2. The Labute approximate surface area is 96.1 Å². The molecular weight excluding hydrogens is 204 g/mol. The average Bonchev–Trinajstić information content (AvgIpc) is 3.01. The smallest absolute Gasteiger partial charge is 0.248 e. The molecule has 0 spiro atoms. The molecule has 2 N–H and O–H groups in total. The molecule has 4 heteroatoms. The van der Waals surface area contributed by atoms with Crippen molar-refractivity contribution in [2.75, 3.05) is 0 Å². The van der Waals surface area contributed by atoms with Crippen molar-refractivity contribution in [3.05, 3.63) is 0 Å². The molecule has 16 heavy (non-hydrogen) atoms. The number of nitrogens with one attached hydrogen (secondary N) is 2. The van der Waals surface area contributed by atoms with Crippen LogP contribution in [0.25, 0.3) is 0 Å². The molecule has 2 bridgehead atoms. The van der Waals surface area contributed by atoms with E-state index in [1.807, 2.05) is 0 Å². The molecule has 0 aromatic rings. The van der Waals surface area contributed by atoms with E-state index in [4.69, 9.17) is 4.84 Å². The number of amides is 1. The molecule has 90 valence electrons. The summed E-state index contributed by atoms with van der Waals surface area (Å²) in [6.07, 6.45) is 8.28. The van der Waals surface area contributed by atoms with Gasteiger partial charge in [-0.1, -0.05) is 12.8 Å². The zero-order chi connectivity index (χ0) is 11.0. The lowest BCUT2D eigenvalue weighted by atomic mass is 9.89. The van der Waals surface area contributed by atoms with E-state index < -0.39 is 0 Å². The molecule has 2 aliphatic heterocycles. The highest BCUT2D eigenvalue weighted by molar-refractivity contribution is 5.79. The van der Waals surface area contributed by atoms with Crippen LogP contribution in [0.3, 0.4) is 0 Å². The first-order chi connectivity index (χ1) is 7.83. The molecule has 1 aliphatic carbocycles. The summed E-state index contributed by atoms with van der Waals surface area (Å²) < 4.78 is 0. The number of rotatable bonds is 3. The first-order valence-corrected chi connectivity index (χ1v) is 6.54. The van der Waals surface area contributed by atoms with Crippen LogP contribution < -0.4 is 10.8 Å². The van der Waals surface area contributed by atoms with E-state index in [0.29, 0.717) is 12.1 Å². The monoisotopic (exact) mass is 224 g/mol. The fraction of sp³-hybridized carbons (Fsp3) is 0.917. The van der Waals surface area contributed by atoms with E-state index in [1.54, 1.807) is 0 Å². The molecule has 0 aromatic carbocycles. The Morgan fingerprint density at radius 3 is 2.62 bits per heavy atom. The minimum Gasteiger partial charge on any atom is -0.310 e. The third kappa shape index (κ3) is 1.96. The highest BCUT2D eigenvalue weighted by atomic mass is 16.7. The summed E-state index contributed by atoms with van der Waals surface area (Å²) in [5.41, 5.74) is 2.67. The van der Waals surface area contributed by atoms with Gasteiger partial charge in [0, 0.05) is 12.1 Å². The quantitative estimate of drug-likeness (QED) is 0.706. The lowest BCUT2D eigenvalue weighted by Crippen LogP contribution is -2.39. The molecule has 2 heterocycles. The Kier molecular flexibility index (Phi) is 2.86. The Morgan fingerprint density at radius 1 is 1.19 bits per heavy atom. The van der Waals surface area contributed by atoms with Gasteiger partial charge >= 0.3 is 0 Å². The molecule has 1 saturated carbocycles. The van der Waals surface area contributed by atoms with Crippen LogP contribution >= 0.6 is 0 Å². The second kappa shape index (κ2) is 4.34. The molecule has 1 amide bonds. The van der Waals surface area contributed by atoms with Crippen molar-refractivity contribution in [1.82, 2.24) is 10.8 Å². The van der Waals surface area contributed by atoms with Gasteiger partial charge in [-0.3, -0.25) is 9.63 Å². The molecule has 3 unspecified atom stereocenters. The Hall–Kier alpha value is -0.610. The summed E-state index contributed by atoms with van der Waals surface area (Å²) in [7, 11) is 0. The van der Waals surface area contributed by atoms with Gasteiger partial charge in [0.1, 0.15) is 0 Å². The van der Waals surface area contributed by atoms with Crippen molar-refractivity contribution in [1.29, 1.82) is 0 Å². The summed E-state index contributed by atoms with van der Waals surface area (Å²) in [5.74, 6) is 0.228. The zero-order valence-electron chi connectivity index (χ0n) is 9.58. The molecule has 4 nitrogen and oxygen atoms in total. The molecule has 3 fully saturated rings. The molecular formula is C12H20N2O2. The summed E-state index contributed by atoms with van der Waals surface area (Å²) in [4.78, 5) is 17.4. The van der Waals surface area contributed by atoms with Gasteiger partial charge in [-0.15, -0.1) is 0 Å². The van der Waals surface area contributed by atoms with Crippen LogP contribution in [0.1, 0.15) is 44.9 Å². The molecule has 0 radical (unpaired) electrons. The normalized spacial score (nSPS) is 38.1. The number of hydrogen-bond donors (Lipinski definition) is 2. The second-order valence-electron chi connectivity index (χ2n) is 5.38. The van der Waals surface area contributed by atoms with Crippen LogP contribution in [0, 0.1) is 5.92 Å². The van der Waals surface area contributed by atoms with Crippen molar-refractivity contribution < 1.29 is 9.63 Å². The highest BCUT2D eigenvalue weighted by Crippen LogP contribution is 2.33. The number of carbonyl (C=O) groups is 1. The van der Waals surface area contributed by atoms with Gasteiger partial charge in [0.15, 0.2) is 0 Å². The van der Waals surface area contributed by atoms with Gasteiger partial charge in [0.25, 0.3) is 0 Å². The van der Waals surface area contributed by atoms with Crippen molar-refractivity contribution in [2.24, 2.45) is 5.92 Å². The van der Waals surface area contributed by atoms with Gasteiger partial charge in [0.05, 0.1) is 12.0 Å². The van der Waals surface area contributed by atoms with Gasteiger partial charge in [-0.2, -0.15) is 0 Å². The lowest BCUT2D eigenvalue weighted by molar-refractivity contribution is -0.143. The van der Waals surface area contributed by atoms with E-state index in [-0.39, 0.29) is 17.9 Å². The van der Waals surface area contributed by atoms with Crippen LogP contribution in [0.15, 0.2) is 0 Å². The third-order valence-electron chi connectivity index (χ3n) is 4.27. The molecule has 2 saturated heterocycles. The predicted octanol–water partition coefficient (Wildman–Crippen LogP) is 1.12. The maximum atomic E-state index is 11.9. The fourth-order valence-corrected chi connectivity index (χ4v) is 3.34. The van der Waals surface area contributed by atoms with Crippen LogP contribution in [0.4, 0.5) is 0 Å². The van der Waals surface area contributed by atoms with E-state index in [1.165, 1.54) is 19.3 Å². The lowest BCUT2D eigenvalue weighted by Gasteiger charge is -2.20. The van der Waals surface area contributed by atoms with Crippen LogP contribution in [-0.2, 0) is 9.63 Å². The fourth-order valence-electron chi connectivity index (χ4n) is 3.34. The molecule has 3 rings (SSSR count). The third-order valence-corrected chi connectivity index (χ3v) is 4.27. The number of hydrogen-bond acceptors (Lipinski definition) is 3. The minimum absolute atomic E-state index is 0.0894. The maximum absolute atomic E-state index is 11.9. The van der Waals surface area contributed by atoms with E-state index in [2.05, 4.69) is 10.8 Å². The van der Waals surface area contributed by atoms with E-state index in [0.717, 1.165) is 25.7 Å². The Bertz CT molecular complexity index is 276. The van der Waals surface area contributed by atoms with Gasteiger partial charge in [0.2, 0.25) is 5.91 Å². The van der Waals surface area contributed by atoms with E-state index >= 15 is 0 Å². The topological polar surface area (TPSA) is 50.4 Å². The van der Waals surface area contributed by atoms with Crippen LogP contribution in [0.5, 0.6) is 0 Å².